The molecule has 0 heterocycles. The maximum atomic E-state index is 13.0. The maximum Gasteiger partial charge on any atom is 0.277 e. The van der Waals surface area contributed by atoms with Crippen LogP contribution in [-0.4, -0.2) is 24.9 Å². The molecular formula is C16H24F2N2O. The summed E-state index contributed by atoms with van der Waals surface area (Å²) in [6, 6.07) is 9.98. The molecule has 0 spiro atoms. The third kappa shape index (κ3) is 6.21. The zero-order valence-electron chi connectivity index (χ0n) is 12.7. The summed E-state index contributed by atoms with van der Waals surface area (Å²) in [5.74, 6) is -3.40. The molecule has 0 unspecified atom stereocenters. The summed E-state index contributed by atoms with van der Waals surface area (Å²) in [5.41, 5.74) is 5.49. The van der Waals surface area contributed by atoms with Gasteiger partial charge in [0.05, 0.1) is 13.1 Å². The Balaban J connectivity index is 2.40. The fourth-order valence-electron chi connectivity index (χ4n) is 2.01. The van der Waals surface area contributed by atoms with E-state index in [0.717, 1.165) is 12.8 Å². The van der Waals surface area contributed by atoms with E-state index in [0.29, 0.717) is 6.42 Å². The summed E-state index contributed by atoms with van der Waals surface area (Å²) in [6.45, 7) is 2.08. The van der Waals surface area contributed by atoms with Crippen molar-refractivity contribution in [3.8, 4) is 0 Å². The highest BCUT2D eigenvalue weighted by Gasteiger charge is 2.32. The second kappa shape index (κ2) is 7.50. The Morgan fingerprint density at radius 1 is 1.24 bits per heavy atom. The minimum absolute atomic E-state index is 0.358. The van der Waals surface area contributed by atoms with E-state index in [4.69, 9.17) is 5.73 Å². The van der Waals surface area contributed by atoms with Crippen LogP contribution in [0.3, 0.4) is 0 Å². The molecule has 3 nitrogen and oxygen atoms in total. The van der Waals surface area contributed by atoms with E-state index in [1.807, 2.05) is 30.3 Å². The van der Waals surface area contributed by atoms with Crippen molar-refractivity contribution < 1.29 is 13.6 Å². The van der Waals surface area contributed by atoms with E-state index in [-0.39, 0.29) is 5.91 Å². The van der Waals surface area contributed by atoms with Crippen molar-refractivity contribution in [1.82, 2.24) is 5.32 Å². The third-order valence-electron chi connectivity index (χ3n) is 3.53. The Bertz CT molecular complexity index is 447. The summed E-state index contributed by atoms with van der Waals surface area (Å²) in [7, 11) is 0. The van der Waals surface area contributed by atoms with Crippen LogP contribution in [-0.2, 0) is 11.2 Å². The maximum absolute atomic E-state index is 13.0. The van der Waals surface area contributed by atoms with Gasteiger partial charge in [-0.25, -0.2) is 8.78 Å². The standard InChI is InChI=1S/C16H24F2N2O/c1-15(2,14(21)20-12-16(17,18)11-19)10-6-9-13-7-4-3-5-8-13/h3-5,7-8H,6,9-12,19H2,1-2H3,(H,20,21). The minimum atomic E-state index is -3.05. The van der Waals surface area contributed by atoms with Gasteiger partial charge in [0.25, 0.3) is 5.92 Å². The van der Waals surface area contributed by atoms with Gasteiger partial charge >= 0.3 is 0 Å². The van der Waals surface area contributed by atoms with E-state index >= 15 is 0 Å². The molecule has 1 rings (SSSR count). The van der Waals surface area contributed by atoms with Crippen LogP contribution in [0.5, 0.6) is 0 Å². The van der Waals surface area contributed by atoms with Crippen LogP contribution in [0.2, 0.25) is 0 Å². The topological polar surface area (TPSA) is 55.1 Å². The van der Waals surface area contributed by atoms with Gasteiger partial charge in [-0.15, -0.1) is 0 Å². The van der Waals surface area contributed by atoms with Crippen molar-refractivity contribution in [2.45, 2.75) is 39.0 Å². The summed E-state index contributed by atoms with van der Waals surface area (Å²) in [4.78, 5) is 12.0. The Morgan fingerprint density at radius 3 is 2.43 bits per heavy atom. The zero-order valence-corrected chi connectivity index (χ0v) is 12.7. The Morgan fingerprint density at radius 2 is 1.86 bits per heavy atom. The average molecular weight is 298 g/mol. The van der Waals surface area contributed by atoms with Gasteiger partial charge in [0.2, 0.25) is 5.91 Å². The van der Waals surface area contributed by atoms with Gasteiger partial charge in [0, 0.05) is 5.41 Å². The Kier molecular flexibility index (Phi) is 6.27. The van der Waals surface area contributed by atoms with Crippen molar-refractivity contribution in [1.29, 1.82) is 0 Å². The molecule has 0 aromatic heterocycles. The Hall–Kier alpha value is -1.49. The van der Waals surface area contributed by atoms with Gasteiger partial charge in [-0.3, -0.25) is 4.79 Å². The lowest BCUT2D eigenvalue weighted by atomic mass is 9.85. The molecule has 0 atom stereocenters. The molecule has 3 N–H and O–H groups in total. The van der Waals surface area contributed by atoms with Gasteiger partial charge in [-0.1, -0.05) is 44.2 Å². The van der Waals surface area contributed by atoms with E-state index in [2.05, 4.69) is 5.32 Å². The van der Waals surface area contributed by atoms with E-state index in [1.54, 1.807) is 13.8 Å². The van der Waals surface area contributed by atoms with Crippen molar-refractivity contribution >= 4 is 5.91 Å². The van der Waals surface area contributed by atoms with Crippen LogP contribution in [0.4, 0.5) is 8.78 Å². The molecule has 0 aliphatic carbocycles. The first-order chi connectivity index (χ1) is 9.77. The molecule has 0 saturated heterocycles. The fraction of sp³-hybridized carbons (Fsp3) is 0.562. The fourth-order valence-corrected chi connectivity index (χ4v) is 2.01. The third-order valence-corrected chi connectivity index (χ3v) is 3.53. The average Bonchev–Trinajstić information content (AvgIpc) is 2.45. The van der Waals surface area contributed by atoms with E-state index in [9.17, 15) is 13.6 Å². The first-order valence-electron chi connectivity index (χ1n) is 7.17. The van der Waals surface area contributed by atoms with Gasteiger partial charge in [0.1, 0.15) is 0 Å². The molecule has 1 aromatic carbocycles. The molecule has 0 aliphatic heterocycles. The van der Waals surface area contributed by atoms with E-state index in [1.165, 1.54) is 5.56 Å². The minimum Gasteiger partial charge on any atom is -0.350 e. The number of hydrogen-bond acceptors (Lipinski definition) is 2. The van der Waals surface area contributed by atoms with Crippen LogP contribution in [0.15, 0.2) is 30.3 Å². The van der Waals surface area contributed by atoms with Gasteiger partial charge in [-0.05, 0) is 24.8 Å². The molecule has 5 heteroatoms. The summed E-state index contributed by atoms with van der Waals surface area (Å²) in [6.07, 6.45) is 2.34. The molecule has 118 valence electrons. The number of nitrogens with two attached hydrogens (primary N) is 1. The number of alkyl halides is 2. The highest BCUT2D eigenvalue weighted by Crippen LogP contribution is 2.24. The molecular weight excluding hydrogens is 274 g/mol. The van der Waals surface area contributed by atoms with Crippen molar-refractivity contribution in [3.63, 3.8) is 0 Å². The predicted molar refractivity (Wildman–Crippen MR) is 80.2 cm³/mol. The van der Waals surface area contributed by atoms with Gasteiger partial charge in [0.15, 0.2) is 0 Å². The SMILES string of the molecule is CC(C)(CCCc1ccccc1)C(=O)NCC(F)(F)CN. The number of hydrogen-bond donors (Lipinski definition) is 2. The lowest BCUT2D eigenvalue weighted by Gasteiger charge is -2.25. The summed E-state index contributed by atoms with van der Waals surface area (Å²) >= 11 is 0. The normalized spacial score (nSPS) is 12.2. The molecule has 1 aromatic rings. The molecule has 0 aliphatic rings. The molecule has 1 amide bonds. The molecule has 0 saturated carbocycles. The van der Waals surface area contributed by atoms with Crippen molar-refractivity contribution in [2.24, 2.45) is 11.1 Å². The van der Waals surface area contributed by atoms with Crippen molar-refractivity contribution in [2.75, 3.05) is 13.1 Å². The number of halogens is 2. The van der Waals surface area contributed by atoms with Crippen LogP contribution in [0, 0.1) is 5.41 Å². The van der Waals surface area contributed by atoms with Crippen molar-refractivity contribution in [3.05, 3.63) is 35.9 Å². The van der Waals surface area contributed by atoms with Gasteiger partial charge < -0.3 is 11.1 Å². The molecule has 21 heavy (non-hydrogen) atoms. The number of rotatable bonds is 8. The first-order valence-corrected chi connectivity index (χ1v) is 7.17. The lowest BCUT2D eigenvalue weighted by molar-refractivity contribution is -0.131. The monoisotopic (exact) mass is 298 g/mol. The predicted octanol–water partition coefficient (Wildman–Crippen LogP) is 2.75. The highest BCUT2D eigenvalue weighted by molar-refractivity contribution is 5.81. The molecule has 0 radical (unpaired) electrons. The lowest BCUT2D eigenvalue weighted by Crippen LogP contribution is -2.45. The number of benzene rings is 1. The van der Waals surface area contributed by atoms with Gasteiger partial charge in [-0.2, -0.15) is 0 Å². The quantitative estimate of drug-likeness (QED) is 0.775. The summed E-state index contributed by atoms with van der Waals surface area (Å²) < 4.78 is 26.1. The Labute approximate surface area is 124 Å². The molecule has 0 bridgehead atoms. The highest BCUT2D eigenvalue weighted by atomic mass is 19.3. The van der Waals surface area contributed by atoms with Crippen LogP contribution < -0.4 is 11.1 Å². The van der Waals surface area contributed by atoms with Crippen LogP contribution in [0.25, 0.3) is 0 Å². The molecule has 0 fully saturated rings. The summed E-state index contributed by atoms with van der Waals surface area (Å²) in [5, 5.41) is 2.29. The number of aryl methyl sites for hydroxylation is 1. The second-order valence-corrected chi connectivity index (χ2v) is 5.97. The smallest absolute Gasteiger partial charge is 0.277 e. The van der Waals surface area contributed by atoms with Crippen LogP contribution >= 0.6 is 0 Å². The number of nitrogens with one attached hydrogen (secondary N) is 1. The largest absolute Gasteiger partial charge is 0.350 e. The van der Waals surface area contributed by atoms with Crippen LogP contribution in [0.1, 0.15) is 32.3 Å². The second-order valence-electron chi connectivity index (χ2n) is 5.97. The number of amides is 1. The zero-order chi connectivity index (χ0) is 15.9. The number of carbonyl (C=O) groups excluding carboxylic acids is 1. The number of carbonyl (C=O) groups is 1. The van der Waals surface area contributed by atoms with E-state index < -0.39 is 24.4 Å². The first kappa shape index (κ1) is 17.6.